The molecule has 1 amide bonds. The van der Waals surface area contributed by atoms with Crippen molar-refractivity contribution in [1.82, 2.24) is 30.3 Å². The van der Waals surface area contributed by atoms with Gasteiger partial charge < -0.3 is 20.3 Å². The lowest BCUT2D eigenvalue weighted by atomic mass is 10.0. The number of ether oxygens (including phenoxy) is 1. The zero-order chi connectivity index (χ0) is 23.1. The molecular formula is C23H26N8O2. The van der Waals surface area contributed by atoms with Gasteiger partial charge in [0.2, 0.25) is 5.88 Å². The van der Waals surface area contributed by atoms with Gasteiger partial charge >= 0.3 is 0 Å². The molecule has 33 heavy (non-hydrogen) atoms. The molecule has 2 atom stereocenters. The molecule has 0 bridgehead atoms. The van der Waals surface area contributed by atoms with Crippen LogP contribution in [0.25, 0.3) is 21.8 Å². The number of aromatic nitrogens is 5. The maximum atomic E-state index is 13.3. The Labute approximate surface area is 190 Å². The van der Waals surface area contributed by atoms with Crippen molar-refractivity contribution >= 4 is 39.2 Å². The van der Waals surface area contributed by atoms with Crippen molar-refractivity contribution in [2.75, 3.05) is 30.4 Å². The highest BCUT2D eigenvalue weighted by atomic mass is 16.5. The van der Waals surface area contributed by atoms with E-state index in [1.165, 1.54) is 7.11 Å². The molecule has 10 heteroatoms. The Hall–Kier alpha value is -3.79. The van der Waals surface area contributed by atoms with Gasteiger partial charge in [0, 0.05) is 54.9 Å². The molecule has 0 aliphatic carbocycles. The number of amides is 1. The van der Waals surface area contributed by atoms with Crippen molar-refractivity contribution < 1.29 is 9.53 Å². The molecule has 4 heterocycles. The number of carbonyl (C=O) groups is 1. The van der Waals surface area contributed by atoms with E-state index in [0.717, 1.165) is 29.5 Å². The molecule has 3 aromatic heterocycles. The number of nitrogens with zero attached hydrogens (tertiary/aromatic N) is 6. The Kier molecular flexibility index (Phi) is 5.29. The van der Waals surface area contributed by atoms with E-state index in [1.54, 1.807) is 23.0 Å². The molecule has 4 aromatic rings. The minimum absolute atomic E-state index is 0.313. The Morgan fingerprint density at radius 3 is 2.73 bits per heavy atom. The SMILES string of the molecule is COc1nc(NC(=O)c2ccc(N3C[C@@H](C)N[C@H](C)C3)c3ccnnc23)cc2cn(C)nc12. The number of nitrogens with one attached hydrogen (secondary N) is 2. The number of anilines is 2. The molecule has 1 saturated heterocycles. The lowest BCUT2D eigenvalue weighted by molar-refractivity contribution is 0.102. The zero-order valence-electron chi connectivity index (χ0n) is 19.0. The van der Waals surface area contributed by atoms with Gasteiger partial charge in [-0.05, 0) is 38.1 Å². The van der Waals surface area contributed by atoms with Crippen LogP contribution < -0.4 is 20.3 Å². The summed E-state index contributed by atoms with van der Waals surface area (Å²) in [6, 6.07) is 8.21. The largest absolute Gasteiger partial charge is 0.479 e. The standard InChI is InChI=1S/C23H26N8O2/c1-13-10-31(11-14(2)25-13)18-6-5-17(21-16(18)7-8-24-28-21)22(32)26-19-9-15-12-30(3)29-20(15)23(27-19)33-4/h5-9,12-14,25H,10-11H2,1-4H3,(H,26,32)/t13-,14-/m1/s1. The van der Waals surface area contributed by atoms with Gasteiger partial charge in [0.1, 0.15) is 11.3 Å². The highest BCUT2D eigenvalue weighted by Gasteiger charge is 2.24. The predicted molar refractivity (Wildman–Crippen MR) is 127 cm³/mol. The molecule has 5 rings (SSSR count). The number of benzene rings is 1. The van der Waals surface area contributed by atoms with Crippen LogP contribution in [0.2, 0.25) is 0 Å². The van der Waals surface area contributed by atoms with E-state index >= 15 is 0 Å². The molecule has 0 unspecified atom stereocenters. The Morgan fingerprint density at radius 2 is 1.97 bits per heavy atom. The summed E-state index contributed by atoms with van der Waals surface area (Å²) in [7, 11) is 3.35. The minimum Gasteiger partial charge on any atom is -0.479 e. The Balaban J connectivity index is 1.50. The number of hydrogen-bond acceptors (Lipinski definition) is 8. The van der Waals surface area contributed by atoms with Gasteiger partial charge in [-0.1, -0.05) is 0 Å². The first-order chi connectivity index (χ1) is 15.9. The normalized spacial score (nSPS) is 18.6. The first-order valence-electron chi connectivity index (χ1n) is 10.9. The van der Waals surface area contributed by atoms with E-state index < -0.39 is 0 Å². The van der Waals surface area contributed by atoms with E-state index in [1.807, 2.05) is 25.4 Å². The molecule has 1 fully saturated rings. The summed E-state index contributed by atoms with van der Waals surface area (Å²) >= 11 is 0. The van der Waals surface area contributed by atoms with Crippen LogP contribution in [0.4, 0.5) is 11.5 Å². The summed E-state index contributed by atoms with van der Waals surface area (Å²) in [5, 5.41) is 20.9. The van der Waals surface area contributed by atoms with Gasteiger partial charge in [-0.15, -0.1) is 5.10 Å². The van der Waals surface area contributed by atoms with Crippen LogP contribution in [-0.4, -0.2) is 63.2 Å². The lowest BCUT2D eigenvalue weighted by Crippen LogP contribution is -2.54. The molecule has 10 nitrogen and oxygen atoms in total. The highest BCUT2D eigenvalue weighted by molar-refractivity contribution is 6.13. The molecule has 0 radical (unpaired) electrons. The van der Waals surface area contributed by atoms with Gasteiger partial charge in [0.05, 0.1) is 18.9 Å². The number of rotatable bonds is 4. The van der Waals surface area contributed by atoms with E-state index in [0.29, 0.717) is 40.4 Å². The molecule has 1 aliphatic rings. The first-order valence-corrected chi connectivity index (χ1v) is 10.9. The van der Waals surface area contributed by atoms with Crippen LogP contribution >= 0.6 is 0 Å². The van der Waals surface area contributed by atoms with E-state index in [9.17, 15) is 4.79 Å². The minimum atomic E-state index is -0.313. The summed E-state index contributed by atoms with van der Waals surface area (Å²) < 4.78 is 7.05. The number of hydrogen-bond donors (Lipinski definition) is 2. The molecule has 2 N–H and O–H groups in total. The van der Waals surface area contributed by atoms with Crippen LogP contribution in [0.3, 0.4) is 0 Å². The van der Waals surface area contributed by atoms with Gasteiger partial charge in [0.25, 0.3) is 5.91 Å². The number of piperazine rings is 1. The van der Waals surface area contributed by atoms with Crippen molar-refractivity contribution in [3.05, 3.63) is 42.2 Å². The maximum absolute atomic E-state index is 13.3. The number of carbonyl (C=O) groups excluding carboxylic acids is 1. The lowest BCUT2D eigenvalue weighted by Gasteiger charge is -2.38. The summed E-state index contributed by atoms with van der Waals surface area (Å²) in [6.45, 7) is 6.10. The maximum Gasteiger partial charge on any atom is 0.259 e. The topological polar surface area (TPSA) is 110 Å². The van der Waals surface area contributed by atoms with Gasteiger partial charge in [-0.25, -0.2) is 0 Å². The van der Waals surface area contributed by atoms with Crippen molar-refractivity contribution in [2.45, 2.75) is 25.9 Å². The van der Waals surface area contributed by atoms with Crippen LogP contribution in [-0.2, 0) is 7.05 Å². The average Bonchev–Trinajstić information content (AvgIpc) is 3.17. The molecule has 0 saturated carbocycles. The first kappa shape index (κ1) is 21.1. The van der Waals surface area contributed by atoms with Crippen molar-refractivity contribution in [1.29, 1.82) is 0 Å². The van der Waals surface area contributed by atoms with Gasteiger partial charge in [-0.2, -0.15) is 15.2 Å². The van der Waals surface area contributed by atoms with Crippen LogP contribution in [0.5, 0.6) is 5.88 Å². The average molecular weight is 447 g/mol. The third-order valence-corrected chi connectivity index (χ3v) is 5.81. The summed E-state index contributed by atoms with van der Waals surface area (Å²) in [4.78, 5) is 20.0. The van der Waals surface area contributed by atoms with Crippen LogP contribution in [0.1, 0.15) is 24.2 Å². The Bertz CT molecular complexity index is 1340. The molecule has 1 aliphatic heterocycles. The van der Waals surface area contributed by atoms with E-state index in [-0.39, 0.29) is 5.91 Å². The van der Waals surface area contributed by atoms with Gasteiger partial charge in [0.15, 0.2) is 5.52 Å². The summed E-state index contributed by atoms with van der Waals surface area (Å²) in [6.07, 6.45) is 3.51. The monoisotopic (exact) mass is 446 g/mol. The number of aryl methyl sites for hydroxylation is 1. The molecule has 1 aromatic carbocycles. The molecule has 170 valence electrons. The number of pyridine rings is 1. The number of fused-ring (bicyclic) bond motifs is 2. The predicted octanol–water partition coefficient (Wildman–Crippen LogP) is 2.36. The van der Waals surface area contributed by atoms with Crippen molar-refractivity contribution in [3.8, 4) is 5.88 Å². The van der Waals surface area contributed by atoms with Crippen molar-refractivity contribution in [2.24, 2.45) is 7.05 Å². The van der Waals surface area contributed by atoms with E-state index in [2.05, 4.69) is 49.7 Å². The Morgan fingerprint density at radius 1 is 1.18 bits per heavy atom. The van der Waals surface area contributed by atoms with Gasteiger partial charge in [-0.3, -0.25) is 9.48 Å². The second-order valence-corrected chi connectivity index (χ2v) is 8.51. The second kappa shape index (κ2) is 8.28. The quantitative estimate of drug-likeness (QED) is 0.492. The number of methoxy groups -OCH3 is 1. The third kappa shape index (κ3) is 3.93. The molecule has 0 spiro atoms. The fourth-order valence-electron chi connectivity index (χ4n) is 4.56. The van der Waals surface area contributed by atoms with Crippen LogP contribution in [0.15, 0.2) is 36.7 Å². The second-order valence-electron chi connectivity index (χ2n) is 8.51. The zero-order valence-corrected chi connectivity index (χ0v) is 19.0. The summed E-state index contributed by atoms with van der Waals surface area (Å²) in [5.41, 5.74) is 2.68. The fraction of sp³-hybridized carbons (Fsp3) is 0.348. The van der Waals surface area contributed by atoms with Crippen molar-refractivity contribution in [3.63, 3.8) is 0 Å². The highest BCUT2D eigenvalue weighted by Crippen LogP contribution is 2.30. The van der Waals surface area contributed by atoms with Crippen LogP contribution in [0, 0.1) is 0 Å². The van der Waals surface area contributed by atoms with E-state index in [4.69, 9.17) is 4.74 Å². The molecular weight excluding hydrogens is 420 g/mol. The smallest absolute Gasteiger partial charge is 0.259 e. The fourth-order valence-corrected chi connectivity index (χ4v) is 4.56. The third-order valence-electron chi connectivity index (χ3n) is 5.81. The summed E-state index contributed by atoms with van der Waals surface area (Å²) in [5.74, 6) is 0.417.